The van der Waals surface area contributed by atoms with Crippen molar-refractivity contribution >= 4 is 0 Å². The Morgan fingerprint density at radius 1 is 0.905 bits per heavy atom. The van der Waals surface area contributed by atoms with Gasteiger partial charge in [0, 0.05) is 19.6 Å². The molecule has 6 heteroatoms. The number of ether oxygens (including phenoxy) is 1. The molecule has 21 heavy (non-hydrogen) atoms. The molecule has 0 aromatic carbocycles. The van der Waals surface area contributed by atoms with Crippen LogP contribution < -0.4 is 0 Å². The summed E-state index contributed by atoms with van der Waals surface area (Å²) in [5, 5.41) is 44.1. The van der Waals surface area contributed by atoms with E-state index in [1.165, 1.54) is 0 Å². The first-order valence-corrected chi connectivity index (χ1v) is 7.89. The highest BCUT2D eigenvalue weighted by Crippen LogP contribution is 2.18. The second-order valence-corrected chi connectivity index (χ2v) is 4.96. The standard InChI is InChI=1S/C11H24O4.C4H10O2/c1-3-5-6-7-8-15-11(14,4-2)10(13)9-12;5-3-1-2-4-6/h10,12-14H,3-9H2,1-2H3;5-6H,1-4H2. The molecule has 0 saturated carbocycles. The second-order valence-electron chi connectivity index (χ2n) is 4.96. The SMILES string of the molecule is CCCCCCOC(O)(CC)C(O)CO.OCCCCO. The molecule has 0 amide bonds. The van der Waals surface area contributed by atoms with E-state index in [9.17, 15) is 10.2 Å². The molecule has 0 saturated heterocycles. The average Bonchev–Trinajstić information content (AvgIpc) is 2.52. The van der Waals surface area contributed by atoms with E-state index in [-0.39, 0.29) is 19.6 Å². The number of rotatable bonds is 12. The van der Waals surface area contributed by atoms with Gasteiger partial charge in [-0.05, 0) is 19.3 Å². The molecule has 0 aromatic rings. The maximum absolute atomic E-state index is 9.81. The zero-order valence-corrected chi connectivity index (χ0v) is 13.5. The highest BCUT2D eigenvalue weighted by atomic mass is 16.6. The maximum Gasteiger partial charge on any atom is 0.193 e. The van der Waals surface area contributed by atoms with E-state index in [2.05, 4.69) is 6.92 Å². The average molecular weight is 310 g/mol. The third kappa shape index (κ3) is 13.2. The summed E-state index contributed by atoms with van der Waals surface area (Å²) in [5.74, 6) is -1.60. The van der Waals surface area contributed by atoms with Gasteiger partial charge in [0.2, 0.25) is 0 Å². The van der Waals surface area contributed by atoms with Crippen LogP contribution in [0.2, 0.25) is 0 Å². The van der Waals surface area contributed by atoms with Gasteiger partial charge in [-0.25, -0.2) is 0 Å². The second kappa shape index (κ2) is 16.1. The lowest BCUT2D eigenvalue weighted by Crippen LogP contribution is -2.46. The Balaban J connectivity index is 0. The Morgan fingerprint density at radius 3 is 1.86 bits per heavy atom. The fraction of sp³-hybridized carbons (Fsp3) is 1.00. The van der Waals surface area contributed by atoms with Gasteiger partial charge in [-0.2, -0.15) is 0 Å². The Hall–Kier alpha value is -0.240. The molecule has 0 spiro atoms. The van der Waals surface area contributed by atoms with Crippen molar-refractivity contribution in [2.45, 2.75) is 70.7 Å². The Bertz CT molecular complexity index is 199. The van der Waals surface area contributed by atoms with Crippen LogP contribution >= 0.6 is 0 Å². The topological polar surface area (TPSA) is 110 Å². The van der Waals surface area contributed by atoms with Gasteiger partial charge in [-0.15, -0.1) is 0 Å². The van der Waals surface area contributed by atoms with Crippen molar-refractivity contribution in [3.63, 3.8) is 0 Å². The Labute approximate surface area is 128 Å². The molecule has 6 nitrogen and oxygen atoms in total. The molecule has 0 radical (unpaired) electrons. The number of aliphatic hydroxyl groups excluding tert-OH is 4. The van der Waals surface area contributed by atoms with Crippen molar-refractivity contribution in [3.8, 4) is 0 Å². The van der Waals surface area contributed by atoms with Gasteiger partial charge in [0.25, 0.3) is 0 Å². The fourth-order valence-corrected chi connectivity index (χ4v) is 1.58. The van der Waals surface area contributed by atoms with Crippen LogP contribution in [-0.2, 0) is 4.74 Å². The summed E-state index contributed by atoms with van der Waals surface area (Å²) in [6.07, 6.45) is 4.71. The number of unbranched alkanes of at least 4 members (excludes halogenated alkanes) is 4. The van der Waals surface area contributed by atoms with Crippen molar-refractivity contribution in [1.29, 1.82) is 0 Å². The first-order chi connectivity index (χ1) is 10.0. The molecule has 2 unspecified atom stereocenters. The van der Waals surface area contributed by atoms with Crippen LogP contribution in [-0.4, -0.2) is 63.9 Å². The minimum absolute atomic E-state index is 0.195. The predicted molar refractivity (Wildman–Crippen MR) is 81.8 cm³/mol. The minimum Gasteiger partial charge on any atom is -0.396 e. The predicted octanol–water partition coefficient (Wildman–Crippen LogP) is 0.786. The van der Waals surface area contributed by atoms with Crippen molar-refractivity contribution in [2.75, 3.05) is 26.4 Å². The summed E-state index contributed by atoms with van der Waals surface area (Å²) in [4.78, 5) is 0. The van der Waals surface area contributed by atoms with E-state index in [1.54, 1.807) is 6.92 Å². The smallest absolute Gasteiger partial charge is 0.193 e. The van der Waals surface area contributed by atoms with Crippen LogP contribution in [0, 0.1) is 0 Å². The molecule has 0 aromatic heterocycles. The van der Waals surface area contributed by atoms with Gasteiger partial charge in [0.1, 0.15) is 6.10 Å². The van der Waals surface area contributed by atoms with Crippen molar-refractivity contribution in [2.24, 2.45) is 0 Å². The summed E-state index contributed by atoms with van der Waals surface area (Å²) in [5.41, 5.74) is 0. The third-order valence-corrected chi connectivity index (χ3v) is 3.12. The van der Waals surface area contributed by atoms with Gasteiger partial charge in [-0.1, -0.05) is 33.1 Å². The van der Waals surface area contributed by atoms with E-state index in [4.69, 9.17) is 20.1 Å². The summed E-state index contributed by atoms with van der Waals surface area (Å²) in [7, 11) is 0. The maximum atomic E-state index is 9.81. The number of hydrogen-bond acceptors (Lipinski definition) is 6. The Kier molecular flexibility index (Phi) is 17.7. The largest absolute Gasteiger partial charge is 0.396 e. The molecule has 0 fully saturated rings. The van der Waals surface area contributed by atoms with E-state index < -0.39 is 18.5 Å². The normalized spacial score (nSPS) is 15.0. The number of hydrogen-bond donors (Lipinski definition) is 5. The zero-order chi connectivity index (χ0) is 16.6. The first kappa shape index (κ1) is 23.0. The summed E-state index contributed by atoms with van der Waals surface area (Å²) < 4.78 is 5.22. The molecule has 0 aliphatic heterocycles. The van der Waals surface area contributed by atoms with E-state index >= 15 is 0 Å². The molecule has 0 aliphatic rings. The van der Waals surface area contributed by atoms with E-state index in [0.717, 1.165) is 38.5 Å². The van der Waals surface area contributed by atoms with E-state index in [1.807, 2.05) is 0 Å². The molecule has 0 heterocycles. The number of aliphatic hydroxyl groups is 5. The highest BCUT2D eigenvalue weighted by molar-refractivity contribution is 4.74. The van der Waals surface area contributed by atoms with Gasteiger partial charge >= 0.3 is 0 Å². The monoisotopic (exact) mass is 310 g/mol. The van der Waals surface area contributed by atoms with Crippen LogP contribution in [0.5, 0.6) is 0 Å². The van der Waals surface area contributed by atoms with E-state index in [0.29, 0.717) is 6.61 Å². The molecule has 5 N–H and O–H groups in total. The minimum atomic E-state index is -1.60. The first-order valence-electron chi connectivity index (χ1n) is 7.89. The lowest BCUT2D eigenvalue weighted by Gasteiger charge is -2.30. The van der Waals surface area contributed by atoms with Crippen molar-refractivity contribution in [1.82, 2.24) is 0 Å². The van der Waals surface area contributed by atoms with Crippen molar-refractivity contribution < 1.29 is 30.3 Å². The molecule has 2 atom stereocenters. The molecular weight excluding hydrogens is 276 g/mol. The summed E-state index contributed by atoms with van der Waals surface area (Å²) in [6.45, 7) is 4.16. The Morgan fingerprint density at radius 2 is 1.48 bits per heavy atom. The summed E-state index contributed by atoms with van der Waals surface area (Å²) >= 11 is 0. The van der Waals surface area contributed by atoms with Gasteiger partial charge in [-0.3, -0.25) is 0 Å². The van der Waals surface area contributed by atoms with Crippen LogP contribution in [0.3, 0.4) is 0 Å². The molecule has 0 rings (SSSR count). The lowest BCUT2D eigenvalue weighted by molar-refractivity contribution is -0.264. The molecule has 0 aliphatic carbocycles. The van der Waals surface area contributed by atoms with Gasteiger partial charge in [0.05, 0.1) is 13.2 Å². The quantitative estimate of drug-likeness (QED) is 0.269. The molecular formula is C15H34O6. The van der Waals surface area contributed by atoms with Crippen LogP contribution in [0.15, 0.2) is 0 Å². The van der Waals surface area contributed by atoms with Crippen LogP contribution in [0.25, 0.3) is 0 Å². The highest BCUT2D eigenvalue weighted by Gasteiger charge is 2.34. The zero-order valence-electron chi connectivity index (χ0n) is 13.5. The molecule has 0 bridgehead atoms. The van der Waals surface area contributed by atoms with Crippen molar-refractivity contribution in [3.05, 3.63) is 0 Å². The fourth-order valence-electron chi connectivity index (χ4n) is 1.58. The summed E-state index contributed by atoms with van der Waals surface area (Å²) in [6, 6.07) is 0. The van der Waals surface area contributed by atoms with Crippen LogP contribution in [0.1, 0.15) is 58.8 Å². The van der Waals surface area contributed by atoms with Crippen LogP contribution in [0.4, 0.5) is 0 Å². The third-order valence-electron chi connectivity index (χ3n) is 3.12. The van der Waals surface area contributed by atoms with Gasteiger partial charge < -0.3 is 30.3 Å². The lowest BCUT2D eigenvalue weighted by atomic mass is 10.1. The van der Waals surface area contributed by atoms with Gasteiger partial charge in [0.15, 0.2) is 5.79 Å². The molecule has 130 valence electrons.